The van der Waals surface area contributed by atoms with Gasteiger partial charge in [0.1, 0.15) is 11.6 Å². The van der Waals surface area contributed by atoms with Gasteiger partial charge in [0.15, 0.2) is 17.4 Å². The van der Waals surface area contributed by atoms with Gasteiger partial charge in [-0.3, -0.25) is 4.18 Å². The number of hydrogen-bond donors (Lipinski definition) is 0. The van der Waals surface area contributed by atoms with Crippen LogP contribution >= 0.6 is 0 Å². The largest absolute Gasteiger partial charge is 0.491 e. The van der Waals surface area contributed by atoms with Gasteiger partial charge in [-0.15, -0.1) is 0 Å². The van der Waals surface area contributed by atoms with Crippen LogP contribution in [0.15, 0.2) is 12.1 Å². The zero-order valence-electron chi connectivity index (χ0n) is 13.5. The lowest BCUT2D eigenvalue weighted by Gasteiger charge is -2.26. The van der Waals surface area contributed by atoms with E-state index in [-0.39, 0.29) is 5.56 Å². The second kappa shape index (κ2) is 6.17. The maximum Gasteiger partial charge on any atom is 0.426 e. The van der Waals surface area contributed by atoms with Crippen molar-refractivity contribution in [2.75, 3.05) is 13.7 Å². The number of hydrogen-bond acceptors (Lipinski definition) is 6. The van der Waals surface area contributed by atoms with Gasteiger partial charge < -0.3 is 9.47 Å². The number of carbonyl (C=O) groups excluding carboxylic acids is 1. The van der Waals surface area contributed by atoms with Crippen molar-refractivity contribution in [1.29, 1.82) is 0 Å². The summed E-state index contributed by atoms with van der Waals surface area (Å²) in [6.45, 7) is 4.18. The van der Waals surface area contributed by atoms with Gasteiger partial charge in [-0.25, -0.2) is 13.6 Å². The van der Waals surface area contributed by atoms with Gasteiger partial charge in [0.05, 0.1) is 13.7 Å². The molecule has 24 heavy (non-hydrogen) atoms. The molecule has 1 aliphatic heterocycles. The summed E-state index contributed by atoms with van der Waals surface area (Å²) < 4.78 is 66.2. The van der Waals surface area contributed by atoms with Gasteiger partial charge in [-0.2, -0.15) is 12.7 Å². The maximum atomic E-state index is 13.9. The third kappa shape index (κ3) is 3.59. The number of carbonyl (C=O) groups is 1. The zero-order chi connectivity index (χ0) is 18.3. The molecule has 1 aliphatic rings. The molecule has 0 unspecified atom stereocenters. The first-order chi connectivity index (χ1) is 11.0. The second-order valence-electron chi connectivity index (χ2n) is 6.05. The Kier molecular flexibility index (Phi) is 4.73. The van der Waals surface area contributed by atoms with Crippen molar-refractivity contribution in [2.24, 2.45) is 0 Å². The first-order valence-corrected chi connectivity index (χ1v) is 8.27. The molecule has 0 spiro atoms. The molecule has 134 valence electrons. The van der Waals surface area contributed by atoms with Crippen molar-refractivity contribution >= 4 is 16.4 Å². The van der Waals surface area contributed by atoms with Crippen molar-refractivity contribution < 1.29 is 35.6 Å². The highest BCUT2D eigenvalue weighted by Crippen LogP contribution is 2.35. The highest BCUT2D eigenvalue weighted by atomic mass is 32.2. The molecule has 0 bridgehead atoms. The number of halogens is 2. The van der Waals surface area contributed by atoms with E-state index in [1.54, 1.807) is 20.8 Å². The van der Waals surface area contributed by atoms with Gasteiger partial charge in [0.2, 0.25) is 0 Å². The van der Waals surface area contributed by atoms with E-state index in [0.717, 1.165) is 19.2 Å². The van der Waals surface area contributed by atoms with E-state index in [9.17, 15) is 22.0 Å². The summed E-state index contributed by atoms with van der Waals surface area (Å²) in [6, 6.07) is 0.516. The third-order valence-corrected chi connectivity index (χ3v) is 4.40. The molecule has 2 rings (SSSR count). The molecule has 1 heterocycles. The van der Waals surface area contributed by atoms with Crippen LogP contribution in [-0.4, -0.2) is 38.1 Å². The second-order valence-corrected chi connectivity index (χ2v) is 7.54. The standard InChI is InChI=1S/C14H17F2NO6S/c1-14(2,3)23-13(18)17-11(7-22-24(17,19)20)8-5-9(15)12(21-4)10(16)6-8/h5-6,11H,7H2,1-4H3/t11-/m1/s1. The molecule has 0 aliphatic carbocycles. The average molecular weight is 365 g/mol. The van der Waals surface area contributed by atoms with Crippen LogP contribution in [0.2, 0.25) is 0 Å². The Morgan fingerprint density at radius 2 is 1.83 bits per heavy atom. The SMILES string of the molecule is COc1c(F)cc([C@H]2COS(=O)(=O)N2C(=O)OC(C)(C)C)cc1F. The van der Waals surface area contributed by atoms with Crippen LogP contribution in [0.4, 0.5) is 13.6 Å². The summed E-state index contributed by atoms with van der Waals surface area (Å²) in [4.78, 5) is 12.2. The van der Waals surface area contributed by atoms with Crippen LogP contribution in [-0.2, 0) is 19.2 Å². The number of amides is 1. The Hall–Kier alpha value is -1.94. The number of ether oxygens (including phenoxy) is 2. The monoisotopic (exact) mass is 365 g/mol. The molecule has 1 amide bonds. The summed E-state index contributed by atoms with van der Waals surface area (Å²) in [6.07, 6.45) is -1.19. The smallest absolute Gasteiger partial charge is 0.426 e. The highest BCUT2D eigenvalue weighted by Gasteiger charge is 2.45. The number of nitrogens with zero attached hydrogens (tertiary/aromatic N) is 1. The molecule has 1 aromatic rings. The molecule has 0 N–H and O–H groups in total. The summed E-state index contributed by atoms with van der Waals surface area (Å²) in [5, 5.41) is 0. The maximum absolute atomic E-state index is 13.9. The van der Waals surface area contributed by atoms with Crippen LogP contribution in [0.1, 0.15) is 32.4 Å². The van der Waals surface area contributed by atoms with Crippen LogP contribution in [0.25, 0.3) is 0 Å². The van der Waals surface area contributed by atoms with E-state index >= 15 is 0 Å². The molecule has 10 heteroatoms. The molecule has 7 nitrogen and oxygen atoms in total. The van der Waals surface area contributed by atoms with Gasteiger partial charge in [0.25, 0.3) is 0 Å². The average Bonchev–Trinajstić information content (AvgIpc) is 2.72. The number of benzene rings is 1. The Bertz CT molecular complexity index is 736. The van der Waals surface area contributed by atoms with E-state index < -0.39 is 52.0 Å². The number of methoxy groups -OCH3 is 1. The van der Waals surface area contributed by atoms with E-state index in [1.165, 1.54) is 0 Å². The van der Waals surface area contributed by atoms with Gasteiger partial charge in [-0.1, -0.05) is 0 Å². The van der Waals surface area contributed by atoms with Crippen LogP contribution in [0.5, 0.6) is 5.75 Å². The van der Waals surface area contributed by atoms with Crippen LogP contribution < -0.4 is 4.74 Å². The molecule has 1 saturated heterocycles. The highest BCUT2D eigenvalue weighted by molar-refractivity contribution is 7.85. The summed E-state index contributed by atoms with van der Waals surface area (Å²) in [5.41, 5.74) is -1.06. The van der Waals surface area contributed by atoms with E-state index in [2.05, 4.69) is 8.92 Å². The van der Waals surface area contributed by atoms with E-state index in [0.29, 0.717) is 4.31 Å². The summed E-state index contributed by atoms with van der Waals surface area (Å²) in [7, 11) is -3.32. The summed E-state index contributed by atoms with van der Waals surface area (Å²) in [5.74, 6) is -2.66. The first-order valence-electron chi connectivity index (χ1n) is 6.91. The fraction of sp³-hybridized carbons (Fsp3) is 0.500. The Morgan fingerprint density at radius 3 is 2.29 bits per heavy atom. The normalized spacial score (nSPS) is 20.1. The predicted octanol–water partition coefficient (Wildman–Crippen LogP) is 2.53. The fourth-order valence-electron chi connectivity index (χ4n) is 2.15. The molecule has 1 atom stereocenters. The zero-order valence-corrected chi connectivity index (χ0v) is 14.3. The molecule has 0 aromatic heterocycles. The predicted molar refractivity (Wildman–Crippen MR) is 78.6 cm³/mol. The van der Waals surface area contributed by atoms with Crippen LogP contribution in [0, 0.1) is 11.6 Å². The van der Waals surface area contributed by atoms with Crippen molar-refractivity contribution in [3.05, 3.63) is 29.3 Å². The van der Waals surface area contributed by atoms with Crippen LogP contribution in [0.3, 0.4) is 0 Å². The van der Waals surface area contributed by atoms with Gasteiger partial charge in [0, 0.05) is 0 Å². The lowest BCUT2D eigenvalue weighted by atomic mass is 10.1. The molecular weight excluding hydrogens is 348 g/mol. The molecule has 1 fully saturated rings. The van der Waals surface area contributed by atoms with Gasteiger partial charge >= 0.3 is 16.4 Å². The Morgan fingerprint density at radius 1 is 1.29 bits per heavy atom. The Labute approximate surface area is 138 Å². The quantitative estimate of drug-likeness (QED) is 0.801. The van der Waals surface area contributed by atoms with Crippen molar-refractivity contribution in [2.45, 2.75) is 32.4 Å². The van der Waals surface area contributed by atoms with E-state index in [4.69, 9.17) is 4.74 Å². The first kappa shape index (κ1) is 18.4. The van der Waals surface area contributed by atoms with Crippen molar-refractivity contribution in [3.8, 4) is 5.75 Å². The Balaban J connectivity index is 2.44. The topological polar surface area (TPSA) is 82.1 Å². The van der Waals surface area contributed by atoms with E-state index in [1.807, 2.05) is 0 Å². The minimum atomic E-state index is -4.41. The molecular formula is C14H17F2NO6S. The lowest BCUT2D eigenvalue weighted by Crippen LogP contribution is -2.39. The van der Waals surface area contributed by atoms with Crippen molar-refractivity contribution in [3.63, 3.8) is 0 Å². The van der Waals surface area contributed by atoms with Gasteiger partial charge in [-0.05, 0) is 38.5 Å². The molecule has 0 saturated carbocycles. The fourth-order valence-corrected chi connectivity index (χ4v) is 3.28. The molecule has 1 aromatic carbocycles. The molecule has 0 radical (unpaired) electrons. The lowest BCUT2D eigenvalue weighted by molar-refractivity contribution is 0.0355. The number of rotatable bonds is 2. The third-order valence-electron chi connectivity index (χ3n) is 3.08. The minimum Gasteiger partial charge on any atom is -0.491 e. The van der Waals surface area contributed by atoms with Crippen molar-refractivity contribution in [1.82, 2.24) is 4.31 Å². The summed E-state index contributed by atoms with van der Waals surface area (Å²) >= 11 is 0. The minimum absolute atomic E-state index is 0.0993.